The van der Waals surface area contributed by atoms with Gasteiger partial charge in [0.2, 0.25) is 5.91 Å². The number of nitrogens with one attached hydrogen (secondary N) is 1. The van der Waals surface area contributed by atoms with Crippen LogP contribution in [0.2, 0.25) is 0 Å². The van der Waals surface area contributed by atoms with Gasteiger partial charge in [0.1, 0.15) is 0 Å². The van der Waals surface area contributed by atoms with Crippen molar-refractivity contribution in [3.63, 3.8) is 0 Å². The summed E-state index contributed by atoms with van der Waals surface area (Å²) in [6.07, 6.45) is 7.59. The van der Waals surface area contributed by atoms with Crippen LogP contribution in [0.4, 0.5) is 0 Å². The fraction of sp³-hybridized carbons (Fsp3) is 0.941. The molecule has 162 valence electrons. The predicted molar refractivity (Wildman–Crippen MR) is 105 cm³/mol. The Morgan fingerprint density at radius 2 is 1.85 bits per heavy atom. The van der Waals surface area contributed by atoms with Crippen LogP contribution >= 0.6 is 7.82 Å². The fourth-order valence-corrected chi connectivity index (χ4v) is 2.94. The maximum Gasteiger partial charge on any atom is 0.469 e. The number of ether oxygens (including phenoxy) is 1. The number of hydrogen-bond donors (Lipinski definition) is 4. The zero-order valence-electron chi connectivity index (χ0n) is 16.6. The van der Waals surface area contributed by atoms with Crippen LogP contribution < -0.4 is 11.1 Å². The van der Waals surface area contributed by atoms with E-state index < -0.39 is 7.82 Å². The SMILES string of the molecule is CCOP(=O)(O)O.NCCCCCC(=O)NCCOCCN1CCCCC1. The molecule has 0 saturated carbocycles. The molecule has 1 heterocycles. The number of phosphoric acid groups is 1. The molecule has 1 rings (SSSR count). The largest absolute Gasteiger partial charge is 0.469 e. The van der Waals surface area contributed by atoms with Crippen molar-refractivity contribution < 1.29 is 28.4 Å². The smallest absolute Gasteiger partial charge is 0.378 e. The Kier molecular flexibility index (Phi) is 17.2. The number of phosphoric ester groups is 1. The lowest BCUT2D eigenvalue weighted by molar-refractivity contribution is -0.121. The molecule has 0 spiro atoms. The molecule has 0 unspecified atom stereocenters. The molecule has 1 aliphatic heterocycles. The van der Waals surface area contributed by atoms with Crippen molar-refractivity contribution in [1.82, 2.24) is 10.2 Å². The van der Waals surface area contributed by atoms with Gasteiger partial charge < -0.3 is 30.5 Å². The van der Waals surface area contributed by atoms with E-state index in [9.17, 15) is 9.36 Å². The monoisotopic (exact) mass is 411 g/mol. The summed E-state index contributed by atoms with van der Waals surface area (Å²) < 4.78 is 19.2. The average molecular weight is 411 g/mol. The number of piperidine rings is 1. The Labute approximate surface area is 163 Å². The van der Waals surface area contributed by atoms with E-state index >= 15 is 0 Å². The van der Waals surface area contributed by atoms with Crippen molar-refractivity contribution in [2.75, 3.05) is 52.5 Å². The molecule has 1 fully saturated rings. The van der Waals surface area contributed by atoms with Crippen LogP contribution in [-0.2, 0) is 18.6 Å². The van der Waals surface area contributed by atoms with Gasteiger partial charge in [-0.3, -0.25) is 9.32 Å². The number of nitrogens with two attached hydrogens (primary N) is 1. The normalized spacial score (nSPS) is 15.1. The van der Waals surface area contributed by atoms with Crippen LogP contribution in [0.5, 0.6) is 0 Å². The van der Waals surface area contributed by atoms with Crippen molar-refractivity contribution in [3.05, 3.63) is 0 Å². The number of unbranched alkanes of at least 4 members (excludes halogenated alkanes) is 2. The summed E-state index contributed by atoms with van der Waals surface area (Å²) in [5.41, 5.74) is 5.41. The molecule has 0 atom stereocenters. The number of carbonyl (C=O) groups excluding carboxylic acids is 1. The number of likely N-dealkylation sites (tertiary alicyclic amines) is 1. The van der Waals surface area contributed by atoms with Crippen molar-refractivity contribution in [2.45, 2.75) is 51.9 Å². The topological polar surface area (TPSA) is 134 Å². The van der Waals surface area contributed by atoms with Crippen LogP contribution in [0.1, 0.15) is 51.9 Å². The Morgan fingerprint density at radius 3 is 2.41 bits per heavy atom. The standard InChI is InChI=1S/C15H31N3O2.C2H7O4P/c16-8-4-1-3-7-15(19)17-9-13-20-14-12-18-10-5-2-6-11-18;1-2-6-7(3,4)5/h1-14,16H2,(H,17,19);2H2,1H3,(H2,3,4,5). The van der Waals surface area contributed by atoms with Gasteiger partial charge in [0.05, 0.1) is 19.8 Å². The molecule has 5 N–H and O–H groups in total. The molecule has 0 bridgehead atoms. The molecule has 27 heavy (non-hydrogen) atoms. The average Bonchev–Trinajstić information content (AvgIpc) is 2.62. The number of carbonyl (C=O) groups is 1. The molecule has 0 aromatic heterocycles. The predicted octanol–water partition coefficient (Wildman–Crippen LogP) is 1.24. The molecule has 10 heteroatoms. The highest BCUT2D eigenvalue weighted by molar-refractivity contribution is 7.46. The molecule has 0 aromatic carbocycles. The molecule has 0 aliphatic carbocycles. The zero-order chi connectivity index (χ0) is 20.4. The second kappa shape index (κ2) is 17.6. The second-order valence-electron chi connectivity index (χ2n) is 6.37. The minimum absolute atomic E-state index is 0.0459. The van der Waals surface area contributed by atoms with Gasteiger partial charge in [-0.15, -0.1) is 0 Å². The first kappa shape index (κ1) is 26.5. The van der Waals surface area contributed by atoms with Gasteiger partial charge in [-0.2, -0.15) is 0 Å². The van der Waals surface area contributed by atoms with Gasteiger partial charge in [-0.1, -0.05) is 12.8 Å². The Morgan fingerprint density at radius 1 is 1.15 bits per heavy atom. The van der Waals surface area contributed by atoms with Crippen LogP contribution in [0.3, 0.4) is 0 Å². The van der Waals surface area contributed by atoms with E-state index in [0.717, 1.165) is 32.4 Å². The van der Waals surface area contributed by atoms with Crippen molar-refractivity contribution in [2.24, 2.45) is 5.73 Å². The molecular weight excluding hydrogens is 373 g/mol. The van der Waals surface area contributed by atoms with Crippen LogP contribution in [-0.4, -0.2) is 73.1 Å². The Bertz CT molecular complexity index is 402. The van der Waals surface area contributed by atoms with E-state index in [1.807, 2.05) is 0 Å². The zero-order valence-corrected chi connectivity index (χ0v) is 17.5. The summed E-state index contributed by atoms with van der Waals surface area (Å²) in [6.45, 7) is 7.72. The van der Waals surface area contributed by atoms with Crippen LogP contribution in [0.25, 0.3) is 0 Å². The first-order valence-electron chi connectivity index (χ1n) is 9.86. The van der Waals surface area contributed by atoms with E-state index in [-0.39, 0.29) is 12.5 Å². The molecular formula is C17H38N3O6P. The van der Waals surface area contributed by atoms with E-state index in [2.05, 4.69) is 14.7 Å². The first-order chi connectivity index (χ1) is 12.9. The third-order valence-electron chi connectivity index (χ3n) is 3.97. The van der Waals surface area contributed by atoms with Crippen molar-refractivity contribution in [3.8, 4) is 0 Å². The summed E-state index contributed by atoms with van der Waals surface area (Å²) in [5, 5.41) is 2.89. The third kappa shape index (κ3) is 20.0. The number of amides is 1. The highest BCUT2D eigenvalue weighted by Crippen LogP contribution is 2.34. The van der Waals surface area contributed by atoms with E-state index in [4.69, 9.17) is 20.3 Å². The third-order valence-corrected chi connectivity index (χ3v) is 4.57. The summed E-state index contributed by atoms with van der Waals surface area (Å²) in [5.74, 6) is 0.127. The molecule has 1 aliphatic rings. The minimum atomic E-state index is -4.17. The van der Waals surface area contributed by atoms with Crippen molar-refractivity contribution in [1.29, 1.82) is 0 Å². The second-order valence-corrected chi connectivity index (χ2v) is 7.61. The highest BCUT2D eigenvalue weighted by Gasteiger charge is 2.10. The van der Waals surface area contributed by atoms with Gasteiger partial charge in [-0.05, 0) is 52.2 Å². The van der Waals surface area contributed by atoms with Gasteiger partial charge in [0.15, 0.2) is 0 Å². The van der Waals surface area contributed by atoms with Crippen molar-refractivity contribution >= 4 is 13.7 Å². The summed E-state index contributed by atoms with van der Waals surface area (Å²) >= 11 is 0. The highest BCUT2D eigenvalue weighted by atomic mass is 31.2. The number of nitrogens with zero attached hydrogens (tertiary/aromatic N) is 1. The maximum absolute atomic E-state index is 11.5. The van der Waals surface area contributed by atoms with E-state index in [1.54, 1.807) is 0 Å². The quantitative estimate of drug-likeness (QED) is 0.263. The van der Waals surface area contributed by atoms with Gasteiger partial charge in [0, 0.05) is 19.5 Å². The fourth-order valence-electron chi connectivity index (χ4n) is 2.60. The lowest BCUT2D eigenvalue weighted by Crippen LogP contribution is -2.33. The van der Waals surface area contributed by atoms with E-state index in [1.165, 1.54) is 39.3 Å². The van der Waals surface area contributed by atoms with E-state index in [0.29, 0.717) is 26.1 Å². The molecule has 1 saturated heterocycles. The number of rotatable bonds is 13. The molecule has 0 radical (unpaired) electrons. The van der Waals surface area contributed by atoms with Gasteiger partial charge in [-0.25, -0.2) is 4.57 Å². The van der Waals surface area contributed by atoms with Gasteiger partial charge in [0.25, 0.3) is 0 Å². The first-order valence-corrected chi connectivity index (χ1v) is 11.4. The molecule has 0 aromatic rings. The maximum atomic E-state index is 11.5. The molecule has 1 amide bonds. The molecule has 9 nitrogen and oxygen atoms in total. The lowest BCUT2D eigenvalue weighted by Gasteiger charge is -2.26. The van der Waals surface area contributed by atoms with Crippen LogP contribution in [0.15, 0.2) is 0 Å². The lowest BCUT2D eigenvalue weighted by atomic mass is 10.1. The summed E-state index contributed by atoms with van der Waals surface area (Å²) in [6, 6.07) is 0. The summed E-state index contributed by atoms with van der Waals surface area (Å²) in [7, 11) is -4.17. The van der Waals surface area contributed by atoms with Crippen LogP contribution in [0, 0.1) is 0 Å². The minimum Gasteiger partial charge on any atom is -0.378 e. The van der Waals surface area contributed by atoms with Gasteiger partial charge >= 0.3 is 7.82 Å². The Hall–Kier alpha value is -0.540. The summed E-state index contributed by atoms with van der Waals surface area (Å²) in [4.78, 5) is 29.8. The number of hydrogen-bond acceptors (Lipinski definition) is 6. The Balaban J connectivity index is 0.000000821.